The van der Waals surface area contributed by atoms with E-state index in [1.165, 1.54) is 6.07 Å². The molecule has 0 fully saturated rings. The molecule has 84 valence electrons. The standard InChI is InChI=1S/C12H14N2O2/c1-8-4-10(7-14-12(15)6-13)11(16-3)5-9(8)2/h4-5H,7H2,1-3H3,(H,14,15). The molecule has 0 saturated heterocycles. The van der Waals surface area contributed by atoms with Gasteiger partial charge < -0.3 is 10.1 Å². The van der Waals surface area contributed by atoms with Crippen LogP contribution in [0, 0.1) is 25.2 Å². The molecule has 0 aliphatic rings. The molecule has 1 aromatic rings. The van der Waals surface area contributed by atoms with Crippen molar-refractivity contribution in [3.8, 4) is 11.8 Å². The fourth-order valence-corrected chi connectivity index (χ4v) is 1.39. The molecule has 0 atom stereocenters. The van der Waals surface area contributed by atoms with Gasteiger partial charge in [-0.1, -0.05) is 6.07 Å². The summed E-state index contributed by atoms with van der Waals surface area (Å²) in [4.78, 5) is 10.8. The number of hydrogen-bond donors (Lipinski definition) is 1. The van der Waals surface area contributed by atoms with E-state index in [2.05, 4.69) is 5.32 Å². The van der Waals surface area contributed by atoms with E-state index in [-0.39, 0.29) is 0 Å². The van der Waals surface area contributed by atoms with Gasteiger partial charge in [-0.3, -0.25) is 4.79 Å². The highest BCUT2D eigenvalue weighted by Crippen LogP contribution is 2.22. The third kappa shape index (κ3) is 2.74. The van der Waals surface area contributed by atoms with Crippen molar-refractivity contribution in [1.29, 1.82) is 5.26 Å². The van der Waals surface area contributed by atoms with Crippen molar-refractivity contribution in [2.75, 3.05) is 7.11 Å². The van der Waals surface area contributed by atoms with Gasteiger partial charge in [0, 0.05) is 12.1 Å². The van der Waals surface area contributed by atoms with Crippen LogP contribution in [0.25, 0.3) is 0 Å². The van der Waals surface area contributed by atoms with Crippen LogP contribution in [0.3, 0.4) is 0 Å². The number of carbonyl (C=O) groups excluding carboxylic acids is 1. The highest BCUT2D eigenvalue weighted by Gasteiger charge is 2.07. The minimum atomic E-state index is -0.639. The fraction of sp³-hybridized carbons (Fsp3) is 0.333. The predicted octanol–water partition coefficient (Wildman–Crippen LogP) is 1.45. The lowest BCUT2D eigenvalue weighted by atomic mass is 10.0. The van der Waals surface area contributed by atoms with Gasteiger partial charge in [0.15, 0.2) is 6.07 Å². The second-order valence-corrected chi connectivity index (χ2v) is 3.54. The number of amides is 1. The lowest BCUT2D eigenvalue weighted by Gasteiger charge is -2.11. The van der Waals surface area contributed by atoms with Crippen molar-refractivity contribution in [1.82, 2.24) is 5.32 Å². The van der Waals surface area contributed by atoms with Crippen molar-refractivity contribution >= 4 is 5.91 Å². The highest BCUT2D eigenvalue weighted by molar-refractivity contribution is 5.91. The van der Waals surface area contributed by atoms with E-state index in [4.69, 9.17) is 10.00 Å². The highest BCUT2D eigenvalue weighted by atomic mass is 16.5. The summed E-state index contributed by atoms with van der Waals surface area (Å²) in [7, 11) is 1.58. The van der Waals surface area contributed by atoms with Crippen LogP contribution in [0.4, 0.5) is 0 Å². The van der Waals surface area contributed by atoms with Gasteiger partial charge >= 0.3 is 5.91 Å². The van der Waals surface area contributed by atoms with Crippen LogP contribution in [0.5, 0.6) is 5.75 Å². The molecule has 0 aromatic heterocycles. The zero-order chi connectivity index (χ0) is 12.1. The topological polar surface area (TPSA) is 62.1 Å². The van der Waals surface area contributed by atoms with E-state index in [0.717, 1.165) is 22.4 Å². The molecular weight excluding hydrogens is 204 g/mol. The third-order valence-electron chi connectivity index (χ3n) is 2.44. The Labute approximate surface area is 94.8 Å². The summed E-state index contributed by atoms with van der Waals surface area (Å²) in [5, 5.41) is 10.8. The summed E-state index contributed by atoms with van der Waals surface area (Å²) in [6.07, 6.45) is 0. The number of ether oxygens (including phenoxy) is 1. The second kappa shape index (κ2) is 5.17. The van der Waals surface area contributed by atoms with E-state index < -0.39 is 5.91 Å². The number of aryl methyl sites for hydroxylation is 2. The van der Waals surface area contributed by atoms with Crippen molar-refractivity contribution in [3.63, 3.8) is 0 Å². The van der Waals surface area contributed by atoms with E-state index in [0.29, 0.717) is 6.54 Å². The van der Waals surface area contributed by atoms with Gasteiger partial charge in [-0.2, -0.15) is 5.26 Å². The molecule has 0 unspecified atom stereocenters. The number of nitriles is 1. The maximum atomic E-state index is 10.8. The van der Waals surface area contributed by atoms with Crippen LogP contribution >= 0.6 is 0 Å². The van der Waals surface area contributed by atoms with Gasteiger partial charge in [-0.05, 0) is 31.0 Å². The second-order valence-electron chi connectivity index (χ2n) is 3.54. The number of hydrogen-bond acceptors (Lipinski definition) is 3. The van der Waals surface area contributed by atoms with Crippen molar-refractivity contribution in [2.24, 2.45) is 0 Å². The molecule has 1 rings (SSSR count). The summed E-state index contributed by atoms with van der Waals surface area (Å²) in [6, 6.07) is 5.38. The third-order valence-corrected chi connectivity index (χ3v) is 2.44. The molecule has 0 saturated carbocycles. The summed E-state index contributed by atoms with van der Waals surface area (Å²) >= 11 is 0. The minimum absolute atomic E-state index is 0.302. The number of nitrogens with zero attached hydrogens (tertiary/aromatic N) is 1. The van der Waals surface area contributed by atoms with Crippen molar-refractivity contribution in [3.05, 3.63) is 28.8 Å². The van der Waals surface area contributed by atoms with E-state index >= 15 is 0 Å². The average molecular weight is 218 g/mol. The molecule has 4 heteroatoms. The Morgan fingerprint density at radius 2 is 2.06 bits per heavy atom. The van der Waals surface area contributed by atoms with Crippen LogP contribution in [0.2, 0.25) is 0 Å². The quantitative estimate of drug-likeness (QED) is 0.781. The number of carbonyl (C=O) groups is 1. The predicted molar refractivity (Wildman–Crippen MR) is 59.9 cm³/mol. The molecule has 0 radical (unpaired) electrons. The molecule has 0 aliphatic carbocycles. The van der Waals surface area contributed by atoms with Crippen molar-refractivity contribution < 1.29 is 9.53 Å². The molecule has 0 spiro atoms. The van der Waals surface area contributed by atoms with Crippen molar-refractivity contribution in [2.45, 2.75) is 20.4 Å². The Morgan fingerprint density at radius 1 is 1.44 bits per heavy atom. The Morgan fingerprint density at radius 3 is 2.62 bits per heavy atom. The number of benzene rings is 1. The Bertz CT molecular complexity index is 447. The first-order valence-electron chi connectivity index (χ1n) is 4.90. The molecule has 1 aromatic carbocycles. The van der Waals surface area contributed by atoms with Crippen LogP contribution in [-0.4, -0.2) is 13.0 Å². The fourth-order valence-electron chi connectivity index (χ4n) is 1.39. The molecule has 16 heavy (non-hydrogen) atoms. The zero-order valence-electron chi connectivity index (χ0n) is 9.63. The first-order valence-corrected chi connectivity index (χ1v) is 4.90. The minimum Gasteiger partial charge on any atom is -0.496 e. The van der Waals surface area contributed by atoms with E-state index in [1.807, 2.05) is 26.0 Å². The lowest BCUT2D eigenvalue weighted by Crippen LogP contribution is -2.21. The lowest BCUT2D eigenvalue weighted by molar-refractivity contribution is -0.116. The van der Waals surface area contributed by atoms with Crippen LogP contribution in [0.1, 0.15) is 16.7 Å². The molecule has 1 N–H and O–H groups in total. The molecule has 0 aliphatic heterocycles. The first-order chi connectivity index (χ1) is 7.58. The van der Waals surface area contributed by atoms with Crippen LogP contribution < -0.4 is 10.1 Å². The Balaban J connectivity index is 2.91. The summed E-state index contributed by atoms with van der Waals surface area (Å²) < 4.78 is 5.21. The van der Waals surface area contributed by atoms with Gasteiger partial charge in [0.1, 0.15) is 5.75 Å². The number of nitrogens with one attached hydrogen (secondary N) is 1. The summed E-state index contributed by atoms with van der Waals surface area (Å²) in [5.41, 5.74) is 3.13. The van der Waals surface area contributed by atoms with Gasteiger partial charge in [0.25, 0.3) is 0 Å². The summed E-state index contributed by atoms with van der Waals surface area (Å²) in [6.45, 7) is 4.29. The van der Waals surface area contributed by atoms with Gasteiger partial charge in [-0.15, -0.1) is 0 Å². The monoisotopic (exact) mass is 218 g/mol. The normalized spacial score (nSPS) is 9.38. The molecule has 1 amide bonds. The van der Waals surface area contributed by atoms with Crippen LogP contribution in [0.15, 0.2) is 12.1 Å². The molecule has 4 nitrogen and oxygen atoms in total. The number of rotatable bonds is 3. The smallest absolute Gasteiger partial charge is 0.322 e. The van der Waals surface area contributed by atoms with Gasteiger partial charge in [-0.25, -0.2) is 0 Å². The van der Waals surface area contributed by atoms with Crippen LogP contribution in [-0.2, 0) is 11.3 Å². The van der Waals surface area contributed by atoms with Gasteiger partial charge in [0.2, 0.25) is 0 Å². The zero-order valence-corrected chi connectivity index (χ0v) is 9.63. The van der Waals surface area contributed by atoms with E-state index in [9.17, 15) is 4.79 Å². The largest absolute Gasteiger partial charge is 0.496 e. The molecule has 0 heterocycles. The summed E-state index contributed by atoms with van der Waals surface area (Å²) in [5.74, 6) is 0.0848. The van der Waals surface area contributed by atoms with Gasteiger partial charge in [0.05, 0.1) is 7.11 Å². The first kappa shape index (κ1) is 12.1. The Kier molecular flexibility index (Phi) is 3.90. The molecular formula is C12H14N2O2. The maximum absolute atomic E-state index is 10.8. The number of methoxy groups -OCH3 is 1. The maximum Gasteiger partial charge on any atom is 0.322 e. The average Bonchev–Trinajstić information content (AvgIpc) is 2.29. The SMILES string of the molecule is COc1cc(C)c(C)cc1CNC(=O)C#N. The Hall–Kier alpha value is -2.02. The van der Waals surface area contributed by atoms with E-state index in [1.54, 1.807) is 7.11 Å². The molecule has 0 bridgehead atoms.